The number of hydrogen-bond donors (Lipinski definition) is 3. The predicted molar refractivity (Wildman–Crippen MR) is 225 cm³/mol. The van der Waals surface area contributed by atoms with Crippen LogP contribution in [0.4, 0.5) is 29.2 Å². The van der Waals surface area contributed by atoms with E-state index in [1.165, 1.54) is 13.1 Å². The summed E-state index contributed by atoms with van der Waals surface area (Å²) in [5, 5.41) is 18.8. The Labute approximate surface area is 335 Å². The summed E-state index contributed by atoms with van der Waals surface area (Å²) in [6, 6.07) is 27.9. The number of para-hydroxylation sites is 2. The van der Waals surface area contributed by atoms with E-state index in [2.05, 4.69) is 69.9 Å². The van der Waals surface area contributed by atoms with Gasteiger partial charge in [-0.15, -0.1) is 10.2 Å². The number of benzene rings is 2. The van der Waals surface area contributed by atoms with E-state index < -0.39 is 0 Å². The second-order valence-corrected chi connectivity index (χ2v) is 14.1. The van der Waals surface area contributed by atoms with Gasteiger partial charge >= 0.3 is 0 Å². The highest BCUT2D eigenvalue weighted by molar-refractivity contribution is 6.28. The molecular weight excluding hydrogens is 740 g/mol. The van der Waals surface area contributed by atoms with Gasteiger partial charge in [-0.2, -0.15) is 9.97 Å². The Morgan fingerprint density at radius 2 is 1.09 bits per heavy atom. The van der Waals surface area contributed by atoms with Crippen molar-refractivity contribution in [3.05, 3.63) is 128 Å². The maximum atomic E-state index is 5.94. The molecule has 2 saturated heterocycles. The normalized spacial score (nSPS) is 14.8. The minimum atomic E-state index is 0.175. The molecule has 0 spiro atoms. The van der Waals surface area contributed by atoms with Gasteiger partial charge in [0.25, 0.3) is 0 Å². The van der Waals surface area contributed by atoms with E-state index in [9.17, 15) is 0 Å². The maximum absolute atomic E-state index is 5.94. The fraction of sp³-hybridized carbons (Fsp3) is 0.250. The lowest BCUT2D eigenvalue weighted by atomic mass is 10.3. The molecule has 0 unspecified atom stereocenters. The zero-order chi connectivity index (χ0) is 39.0. The highest BCUT2D eigenvalue weighted by Gasteiger charge is 2.19. The topological polar surface area (TPSA) is 142 Å². The Balaban J connectivity index is 0.000000139. The van der Waals surface area contributed by atoms with Crippen LogP contribution in [0.2, 0.25) is 5.28 Å². The second kappa shape index (κ2) is 17.6. The van der Waals surface area contributed by atoms with Crippen molar-refractivity contribution in [1.82, 2.24) is 63.4 Å². The second-order valence-electron chi connectivity index (χ2n) is 13.8. The molecule has 16 nitrogen and oxygen atoms in total. The number of halogens is 1. The van der Waals surface area contributed by atoms with Crippen molar-refractivity contribution in [3.63, 3.8) is 0 Å². The number of aromatic nitrogens is 10. The van der Waals surface area contributed by atoms with Crippen LogP contribution in [0.15, 0.2) is 122 Å². The molecule has 2 aliphatic heterocycles. The first-order chi connectivity index (χ1) is 27.9. The van der Waals surface area contributed by atoms with E-state index in [0.29, 0.717) is 11.6 Å². The monoisotopic (exact) mass is 784 g/mol. The van der Waals surface area contributed by atoms with Gasteiger partial charge in [-0.1, -0.05) is 36.4 Å². The molecule has 2 aliphatic rings. The lowest BCUT2D eigenvalue weighted by molar-refractivity contribution is 0.291. The van der Waals surface area contributed by atoms with E-state index in [0.717, 1.165) is 79.3 Å². The molecule has 6 aromatic heterocycles. The number of likely N-dealkylation sites (N-methyl/N-ethyl adjacent to an activating group) is 2. The smallest absolute Gasteiger partial charge is 0.245 e. The Morgan fingerprint density at radius 1 is 0.579 bits per heavy atom. The Morgan fingerprint density at radius 3 is 1.61 bits per heavy atom. The molecule has 57 heavy (non-hydrogen) atoms. The summed E-state index contributed by atoms with van der Waals surface area (Å²) in [4.78, 5) is 24.8. The minimum absolute atomic E-state index is 0.175. The Bertz CT molecular complexity index is 2480. The van der Waals surface area contributed by atoms with Crippen molar-refractivity contribution in [2.45, 2.75) is 0 Å². The van der Waals surface area contributed by atoms with Crippen molar-refractivity contribution in [3.8, 4) is 11.4 Å². The lowest BCUT2D eigenvalue weighted by Gasteiger charge is -2.32. The summed E-state index contributed by atoms with van der Waals surface area (Å²) in [5.74, 6) is 3.54. The molecule has 0 amide bonds. The van der Waals surface area contributed by atoms with Crippen molar-refractivity contribution in [1.29, 1.82) is 0 Å². The molecule has 8 heterocycles. The average molecular weight is 785 g/mol. The number of piperazine rings is 2. The van der Waals surface area contributed by atoms with Gasteiger partial charge in [0.1, 0.15) is 35.3 Å². The summed E-state index contributed by atoms with van der Waals surface area (Å²) in [5.41, 5.74) is 3.86. The van der Waals surface area contributed by atoms with E-state index in [-0.39, 0.29) is 5.28 Å². The molecule has 8 aromatic rings. The van der Waals surface area contributed by atoms with Crippen molar-refractivity contribution >= 4 is 51.9 Å². The average Bonchev–Trinajstić information content (AvgIpc) is 4.08. The van der Waals surface area contributed by atoms with Crippen molar-refractivity contribution < 1.29 is 0 Å². The summed E-state index contributed by atoms with van der Waals surface area (Å²) >= 11 is 5.94. The Kier molecular flexibility index (Phi) is 11.6. The third-order valence-electron chi connectivity index (χ3n) is 9.64. The number of nitrogens with one attached hydrogen (secondary N) is 3. The first kappa shape index (κ1) is 37.6. The maximum Gasteiger partial charge on any atom is 0.245 e. The van der Waals surface area contributed by atoms with Gasteiger partial charge in [-0.05, 0) is 74.2 Å². The molecule has 10 rings (SSSR count). The van der Waals surface area contributed by atoms with Gasteiger partial charge < -0.3 is 39.8 Å². The SMILES string of the molecule is CN1CCN(c2nc(Nc3cn(-c4ccccc4)cn3)c3cccn3n2)CC1.CN1CCNCC1.Clc1nc(Nc2cn(-c3ccccc3)cn2)c2cccn2n1. The standard InChI is InChI=1S/C20H22N8.C15H11ClN6.C5H12N2/c1-25-10-12-26(13-11-25)20-23-19(17-8-5-9-28(17)24-20)22-18-14-27(15-21-18)16-6-3-2-4-7-16;16-15-19-14(12-7-4-8-22(12)20-15)18-13-9-21(10-17-13)11-5-2-1-3-6-11;1-7-4-2-6-3-5-7/h2-9,14-15H,10-13H2,1H3,(H,22,23,24);1-10H,(H,18,19,20);6H,2-5H2,1H3. The molecule has 0 bridgehead atoms. The van der Waals surface area contributed by atoms with Crippen LogP contribution in [-0.4, -0.2) is 125 Å². The van der Waals surface area contributed by atoms with Crippen LogP contribution in [0, 0.1) is 0 Å². The van der Waals surface area contributed by atoms with Gasteiger partial charge in [0.2, 0.25) is 11.2 Å². The third kappa shape index (κ3) is 9.38. The molecule has 0 aliphatic carbocycles. The predicted octanol–water partition coefficient (Wildman–Crippen LogP) is 5.24. The quantitative estimate of drug-likeness (QED) is 0.195. The molecule has 3 N–H and O–H groups in total. The number of nitrogens with zero attached hydrogens (tertiary/aromatic N) is 13. The fourth-order valence-electron chi connectivity index (χ4n) is 6.43. The summed E-state index contributed by atoms with van der Waals surface area (Å²) < 4.78 is 7.46. The molecule has 0 radical (unpaired) electrons. The van der Waals surface area contributed by atoms with Crippen LogP contribution >= 0.6 is 11.6 Å². The molecule has 17 heteroatoms. The number of fused-ring (bicyclic) bond motifs is 2. The number of hydrogen-bond acceptors (Lipinski definition) is 12. The first-order valence-corrected chi connectivity index (χ1v) is 19.2. The van der Waals surface area contributed by atoms with Gasteiger partial charge in [-0.3, -0.25) is 0 Å². The largest absolute Gasteiger partial charge is 0.337 e. The van der Waals surface area contributed by atoms with Gasteiger partial charge in [-0.25, -0.2) is 19.0 Å². The van der Waals surface area contributed by atoms with Crippen LogP contribution in [0.25, 0.3) is 22.4 Å². The number of imidazole rings is 2. The zero-order valence-corrected chi connectivity index (χ0v) is 32.7. The summed E-state index contributed by atoms with van der Waals surface area (Å²) in [7, 11) is 4.30. The lowest BCUT2D eigenvalue weighted by Crippen LogP contribution is -2.45. The number of rotatable bonds is 7. The highest BCUT2D eigenvalue weighted by atomic mass is 35.5. The molecular formula is C40H45ClN16. The minimum Gasteiger partial charge on any atom is -0.337 e. The fourth-order valence-corrected chi connectivity index (χ4v) is 6.60. The number of anilines is 5. The third-order valence-corrected chi connectivity index (χ3v) is 9.80. The highest BCUT2D eigenvalue weighted by Crippen LogP contribution is 2.24. The molecule has 0 atom stereocenters. The van der Waals surface area contributed by atoms with Gasteiger partial charge in [0.05, 0.1) is 12.4 Å². The molecule has 2 aromatic carbocycles. The van der Waals surface area contributed by atoms with E-state index in [1.807, 2.05) is 123 Å². The van der Waals surface area contributed by atoms with Crippen molar-refractivity contribution in [2.75, 3.05) is 82.0 Å². The van der Waals surface area contributed by atoms with Crippen LogP contribution < -0.4 is 20.9 Å². The van der Waals surface area contributed by atoms with Crippen LogP contribution in [-0.2, 0) is 0 Å². The van der Waals surface area contributed by atoms with E-state index >= 15 is 0 Å². The summed E-state index contributed by atoms with van der Waals surface area (Å²) in [6.45, 7) is 8.61. The first-order valence-electron chi connectivity index (χ1n) is 18.9. The van der Waals surface area contributed by atoms with Crippen LogP contribution in [0.5, 0.6) is 0 Å². The van der Waals surface area contributed by atoms with Crippen LogP contribution in [0.1, 0.15) is 0 Å². The Hall–Kier alpha value is -6.33. The van der Waals surface area contributed by atoms with E-state index in [4.69, 9.17) is 16.6 Å². The van der Waals surface area contributed by atoms with E-state index in [1.54, 1.807) is 17.2 Å². The molecule has 0 saturated carbocycles. The van der Waals surface area contributed by atoms with Gasteiger partial charge in [0.15, 0.2) is 11.6 Å². The van der Waals surface area contributed by atoms with Gasteiger partial charge in [0, 0.05) is 76.1 Å². The molecule has 2 fully saturated rings. The van der Waals surface area contributed by atoms with Crippen LogP contribution in [0.3, 0.4) is 0 Å². The molecule has 292 valence electrons. The summed E-state index contributed by atoms with van der Waals surface area (Å²) in [6.07, 6.45) is 11.2. The van der Waals surface area contributed by atoms with Crippen molar-refractivity contribution in [2.24, 2.45) is 0 Å². The zero-order valence-electron chi connectivity index (χ0n) is 31.9.